The molecule has 51 heavy (non-hydrogen) atoms. The Morgan fingerprint density at radius 2 is 1.73 bits per heavy atom. The first kappa shape index (κ1) is 33.7. The van der Waals surface area contributed by atoms with Crippen molar-refractivity contribution in [2.75, 3.05) is 0 Å². The maximum absolute atomic E-state index is 15.4. The summed E-state index contributed by atoms with van der Waals surface area (Å²) >= 11 is 2.06. The Morgan fingerprint density at radius 1 is 0.961 bits per heavy atom. The number of aryl methyl sites for hydroxylation is 1. The van der Waals surface area contributed by atoms with Crippen LogP contribution in [0.3, 0.4) is 0 Å². The van der Waals surface area contributed by atoms with Gasteiger partial charge in [-0.3, -0.25) is 18.5 Å². The average Bonchev–Trinajstić information content (AvgIpc) is 3.71. The summed E-state index contributed by atoms with van der Waals surface area (Å²) in [5.41, 5.74) is -2.30. The molecule has 0 amide bonds. The van der Waals surface area contributed by atoms with Crippen molar-refractivity contribution in [2.45, 2.75) is 12.9 Å². The molecule has 3 aromatic carbocycles. The number of para-hydroxylation sites is 2. The third-order valence-corrected chi connectivity index (χ3v) is 10.1. The predicted molar refractivity (Wildman–Crippen MR) is 184 cm³/mol. The summed E-state index contributed by atoms with van der Waals surface area (Å²) in [6.45, 7) is -0.628. The second kappa shape index (κ2) is 12.9. The third kappa shape index (κ3) is 5.95. The zero-order chi connectivity index (χ0) is 36.2. The fourth-order valence-corrected chi connectivity index (χ4v) is 7.51. The number of esters is 1. The number of halogens is 5. The summed E-state index contributed by atoms with van der Waals surface area (Å²) in [5.74, 6) is -4.46. The number of hydrogen-bond acceptors (Lipinski definition) is 8. The molecular formula is C35H22F5N5O4S2. The summed E-state index contributed by atoms with van der Waals surface area (Å²) < 4.78 is 79.7. The van der Waals surface area contributed by atoms with Crippen molar-refractivity contribution in [1.82, 2.24) is 18.7 Å². The number of carbonyl (C=O) groups excluding carboxylic acids is 1. The smallest absolute Gasteiger partial charge is 0.422 e. The van der Waals surface area contributed by atoms with Gasteiger partial charge in [0.05, 0.1) is 27.7 Å². The van der Waals surface area contributed by atoms with E-state index >= 15 is 4.39 Å². The third-order valence-electron chi connectivity index (χ3n) is 8.18. The van der Waals surface area contributed by atoms with Gasteiger partial charge < -0.3 is 4.74 Å². The van der Waals surface area contributed by atoms with E-state index in [0.29, 0.717) is 32.9 Å². The number of thiazole rings is 1. The first-order valence-electron chi connectivity index (χ1n) is 14.9. The second-order valence-corrected chi connectivity index (χ2v) is 12.9. The van der Waals surface area contributed by atoms with Crippen LogP contribution >= 0.6 is 22.7 Å². The summed E-state index contributed by atoms with van der Waals surface area (Å²) in [5, 5.41) is 4.74. The van der Waals surface area contributed by atoms with Crippen molar-refractivity contribution < 1.29 is 31.5 Å². The molecule has 7 aromatic rings. The number of alkyl halides is 3. The van der Waals surface area contributed by atoms with Crippen LogP contribution in [0.1, 0.15) is 21.5 Å². The SMILES string of the molecule is Cn1c(=O)c2c(C=CN=c3scc(-c4ccc(F)c(C(F)(F)F)c4F)n3COC(=O)c3cccc4cc5ccccc5nc34)csc2n(C)c1=O. The Morgan fingerprint density at radius 3 is 2.51 bits per heavy atom. The van der Waals surface area contributed by atoms with Crippen LogP contribution in [0.5, 0.6) is 0 Å². The van der Waals surface area contributed by atoms with E-state index in [1.807, 2.05) is 18.2 Å². The molecule has 0 bridgehead atoms. The number of hydrogen-bond donors (Lipinski definition) is 0. The highest BCUT2D eigenvalue weighted by atomic mass is 32.1. The second-order valence-electron chi connectivity index (χ2n) is 11.3. The molecule has 4 aromatic heterocycles. The number of carbonyl (C=O) groups is 1. The van der Waals surface area contributed by atoms with Crippen LogP contribution in [0, 0.1) is 11.6 Å². The maximum atomic E-state index is 15.4. The van der Waals surface area contributed by atoms with Crippen molar-refractivity contribution in [2.24, 2.45) is 19.1 Å². The first-order valence-corrected chi connectivity index (χ1v) is 16.7. The Balaban J connectivity index is 1.31. The van der Waals surface area contributed by atoms with Crippen molar-refractivity contribution in [3.05, 3.63) is 132 Å². The largest absolute Gasteiger partial charge is 0.440 e. The zero-order valence-electron chi connectivity index (χ0n) is 26.4. The minimum Gasteiger partial charge on any atom is -0.440 e. The summed E-state index contributed by atoms with van der Waals surface area (Å²) in [7, 11) is 2.89. The molecule has 258 valence electrons. The lowest BCUT2D eigenvalue weighted by Crippen LogP contribution is -2.36. The highest BCUT2D eigenvalue weighted by Crippen LogP contribution is 2.37. The van der Waals surface area contributed by atoms with Crippen LogP contribution < -0.4 is 16.1 Å². The van der Waals surface area contributed by atoms with Crippen LogP contribution in [0.25, 0.3) is 49.4 Å². The molecule has 0 unspecified atom stereocenters. The van der Waals surface area contributed by atoms with Gasteiger partial charge in [-0.15, -0.1) is 22.7 Å². The lowest BCUT2D eigenvalue weighted by molar-refractivity contribution is -0.142. The fourth-order valence-electron chi connectivity index (χ4n) is 5.64. The van der Waals surface area contributed by atoms with E-state index in [2.05, 4.69) is 9.98 Å². The van der Waals surface area contributed by atoms with E-state index < -0.39 is 52.9 Å². The monoisotopic (exact) mass is 735 g/mol. The topological polar surface area (TPSA) is 100 Å². The van der Waals surface area contributed by atoms with Gasteiger partial charge >= 0.3 is 17.8 Å². The quantitative estimate of drug-likeness (QED) is 0.102. The summed E-state index contributed by atoms with van der Waals surface area (Å²) in [4.78, 5) is 48.3. The van der Waals surface area contributed by atoms with Gasteiger partial charge in [-0.05, 0) is 36.4 Å². The van der Waals surface area contributed by atoms with E-state index in [1.54, 1.807) is 29.6 Å². The van der Waals surface area contributed by atoms with Gasteiger partial charge in [0.15, 0.2) is 11.5 Å². The van der Waals surface area contributed by atoms with Gasteiger partial charge in [0.2, 0.25) is 0 Å². The first-order chi connectivity index (χ1) is 24.3. The number of benzene rings is 3. The van der Waals surface area contributed by atoms with E-state index in [9.17, 15) is 31.9 Å². The molecule has 0 aliphatic carbocycles. The van der Waals surface area contributed by atoms with Gasteiger partial charge in [0.1, 0.15) is 22.0 Å². The Labute approximate surface area is 291 Å². The molecule has 0 N–H and O–H groups in total. The number of aromatic nitrogens is 4. The molecule has 0 saturated heterocycles. The minimum atomic E-state index is -5.33. The van der Waals surface area contributed by atoms with Crippen molar-refractivity contribution >= 4 is 66.7 Å². The Hall–Kier alpha value is -5.74. The number of pyridine rings is 1. The lowest BCUT2D eigenvalue weighted by Gasteiger charge is -2.14. The van der Waals surface area contributed by atoms with Gasteiger partial charge in [0, 0.05) is 53.0 Å². The van der Waals surface area contributed by atoms with Crippen LogP contribution in [-0.2, 0) is 31.7 Å². The summed E-state index contributed by atoms with van der Waals surface area (Å²) in [6.07, 6.45) is -2.53. The zero-order valence-corrected chi connectivity index (χ0v) is 28.0. The van der Waals surface area contributed by atoms with Crippen molar-refractivity contribution in [1.29, 1.82) is 0 Å². The van der Waals surface area contributed by atoms with Crippen molar-refractivity contribution in [3.8, 4) is 11.3 Å². The van der Waals surface area contributed by atoms with Gasteiger partial charge in [0.25, 0.3) is 5.56 Å². The van der Waals surface area contributed by atoms with Crippen LogP contribution in [0.15, 0.2) is 92.2 Å². The van der Waals surface area contributed by atoms with Crippen molar-refractivity contribution in [3.63, 3.8) is 0 Å². The van der Waals surface area contributed by atoms with E-state index in [1.165, 1.54) is 58.3 Å². The molecule has 0 fully saturated rings. The average molecular weight is 736 g/mol. The van der Waals surface area contributed by atoms with Gasteiger partial charge in [-0.2, -0.15) is 13.2 Å². The molecular weight excluding hydrogens is 714 g/mol. The molecule has 9 nitrogen and oxygen atoms in total. The molecule has 0 aliphatic heterocycles. The Bertz CT molecular complexity index is 2770. The molecule has 7 rings (SSSR count). The number of thiophene rings is 1. The van der Waals surface area contributed by atoms with E-state index in [4.69, 9.17) is 4.74 Å². The number of ether oxygens (including phenoxy) is 1. The number of nitrogens with zero attached hydrogens (tertiary/aromatic N) is 5. The molecule has 0 aliphatic rings. The van der Waals surface area contributed by atoms with Crippen LogP contribution in [0.2, 0.25) is 0 Å². The normalized spacial score (nSPS) is 12.6. The molecule has 0 atom stereocenters. The molecule has 0 saturated carbocycles. The van der Waals surface area contributed by atoms with Gasteiger partial charge in [-0.1, -0.05) is 30.3 Å². The highest BCUT2D eigenvalue weighted by Gasteiger charge is 2.39. The molecule has 4 heterocycles. The van der Waals surface area contributed by atoms with Gasteiger partial charge in [-0.25, -0.2) is 28.3 Å². The molecule has 0 radical (unpaired) electrons. The van der Waals surface area contributed by atoms with Crippen LogP contribution in [0.4, 0.5) is 22.0 Å². The number of rotatable bonds is 6. The minimum absolute atomic E-state index is 0.0632. The number of fused-ring (bicyclic) bond motifs is 3. The predicted octanol–water partition coefficient (Wildman–Crippen LogP) is 7.21. The highest BCUT2D eigenvalue weighted by molar-refractivity contribution is 7.17. The molecule has 16 heteroatoms. The fraction of sp³-hybridized carbons (Fsp3) is 0.114. The summed E-state index contributed by atoms with van der Waals surface area (Å²) in [6, 6.07) is 15.5. The lowest BCUT2D eigenvalue weighted by atomic mass is 10.1. The van der Waals surface area contributed by atoms with Crippen LogP contribution in [-0.4, -0.2) is 24.7 Å². The van der Waals surface area contributed by atoms with E-state index in [0.717, 1.165) is 27.4 Å². The maximum Gasteiger partial charge on any atom is 0.422 e. The standard InChI is InChI=1S/C35H22F5N5O4S2/c1-43-30(46)26-20(15-50-31(26)44(2)34(43)48)12-13-41-33-45(25(16-51-33)21-10-11-23(36)27(28(21)37)35(38,39)40)17-49-32(47)22-8-5-7-19-14-18-6-3-4-9-24(18)42-29(19)22/h3-16H,17H2,1-2H3. The molecule has 0 spiro atoms. The van der Waals surface area contributed by atoms with E-state index in [-0.39, 0.29) is 21.4 Å². The Kier molecular flexibility index (Phi) is 8.51.